The number of aromatic amines is 1. The van der Waals surface area contributed by atoms with E-state index in [4.69, 9.17) is 4.74 Å². The first-order chi connectivity index (χ1) is 12.7. The molecule has 2 aromatic heterocycles. The fraction of sp³-hybridized carbons (Fsp3) is 0.300. The van der Waals surface area contributed by atoms with Crippen LogP contribution in [0.15, 0.2) is 60.2 Å². The molecule has 0 saturated carbocycles. The van der Waals surface area contributed by atoms with Crippen LogP contribution in [-0.2, 0) is 16.0 Å². The van der Waals surface area contributed by atoms with Gasteiger partial charge in [-0.25, -0.2) is 4.98 Å². The molecular weight excluding hydrogens is 346 g/mol. The zero-order valence-electron chi connectivity index (χ0n) is 14.9. The van der Waals surface area contributed by atoms with Crippen LogP contribution in [0, 0.1) is 5.92 Å². The van der Waals surface area contributed by atoms with Crippen molar-refractivity contribution in [1.82, 2.24) is 15.3 Å². The standard InChI is InChI=1S/C20H23N3O2S/c1-14(18(25-2)16-9-6-10-21-16)19(24)23-17(20-22-11-12-26-20)13-15-7-4-3-5-8-15/h3-12,14,17-18,21H,13H2,1-2H3,(H,23,24)/t14-,17+,18-/m1/s1. The molecule has 0 spiro atoms. The summed E-state index contributed by atoms with van der Waals surface area (Å²) in [6.07, 6.45) is 3.98. The maximum atomic E-state index is 12.9. The van der Waals surface area contributed by atoms with Gasteiger partial charge in [-0.05, 0) is 24.1 Å². The fourth-order valence-electron chi connectivity index (χ4n) is 3.02. The number of ether oxygens (including phenoxy) is 1. The van der Waals surface area contributed by atoms with Gasteiger partial charge in [0.2, 0.25) is 5.91 Å². The molecule has 3 aromatic rings. The molecule has 3 rings (SSSR count). The molecule has 2 N–H and O–H groups in total. The Labute approximate surface area is 157 Å². The molecule has 0 aliphatic heterocycles. The molecule has 1 amide bonds. The number of nitrogens with zero attached hydrogens (tertiary/aromatic N) is 1. The lowest BCUT2D eigenvalue weighted by Gasteiger charge is -2.24. The van der Waals surface area contributed by atoms with Crippen LogP contribution >= 0.6 is 11.3 Å². The van der Waals surface area contributed by atoms with Gasteiger partial charge in [-0.2, -0.15) is 0 Å². The summed E-state index contributed by atoms with van der Waals surface area (Å²) in [4.78, 5) is 20.4. The van der Waals surface area contributed by atoms with Gasteiger partial charge < -0.3 is 15.0 Å². The summed E-state index contributed by atoms with van der Waals surface area (Å²) in [5, 5.41) is 6.00. The van der Waals surface area contributed by atoms with Crippen LogP contribution in [0.4, 0.5) is 0 Å². The van der Waals surface area contributed by atoms with Crippen molar-refractivity contribution < 1.29 is 9.53 Å². The Morgan fingerprint density at radius 2 is 2.08 bits per heavy atom. The third-order valence-corrected chi connectivity index (χ3v) is 5.29. The van der Waals surface area contributed by atoms with Crippen LogP contribution in [0.5, 0.6) is 0 Å². The number of nitrogens with one attached hydrogen (secondary N) is 2. The molecule has 0 saturated heterocycles. The molecule has 0 fully saturated rings. The quantitative estimate of drug-likeness (QED) is 0.633. The number of hydrogen-bond donors (Lipinski definition) is 2. The van der Waals surface area contributed by atoms with Gasteiger partial charge in [-0.15, -0.1) is 11.3 Å². The maximum Gasteiger partial charge on any atom is 0.226 e. The van der Waals surface area contributed by atoms with Crippen molar-refractivity contribution in [3.63, 3.8) is 0 Å². The van der Waals surface area contributed by atoms with E-state index in [0.29, 0.717) is 6.42 Å². The lowest BCUT2D eigenvalue weighted by Crippen LogP contribution is -2.36. The number of benzene rings is 1. The Bertz CT molecular complexity index is 788. The Morgan fingerprint density at radius 1 is 1.27 bits per heavy atom. The van der Waals surface area contributed by atoms with Gasteiger partial charge in [0.05, 0.1) is 12.0 Å². The molecule has 0 aliphatic rings. The topological polar surface area (TPSA) is 67.0 Å². The smallest absolute Gasteiger partial charge is 0.226 e. The highest BCUT2D eigenvalue weighted by molar-refractivity contribution is 7.09. The minimum Gasteiger partial charge on any atom is -0.374 e. The third-order valence-electron chi connectivity index (χ3n) is 4.40. The average Bonchev–Trinajstić information content (AvgIpc) is 3.37. The lowest BCUT2D eigenvalue weighted by atomic mass is 9.99. The van der Waals surface area contributed by atoms with E-state index in [1.807, 2.05) is 48.8 Å². The van der Waals surface area contributed by atoms with Crippen molar-refractivity contribution in [2.24, 2.45) is 5.92 Å². The Hall–Kier alpha value is -2.44. The van der Waals surface area contributed by atoms with E-state index in [-0.39, 0.29) is 24.0 Å². The predicted octanol–water partition coefficient (Wildman–Crippen LogP) is 3.90. The van der Waals surface area contributed by atoms with Crippen molar-refractivity contribution >= 4 is 17.2 Å². The van der Waals surface area contributed by atoms with Crippen LogP contribution < -0.4 is 5.32 Å². The predicted molar refractivity (Wildman–Crippen MR) is 103 cm³/mol. The molecule has 136 valence electrons. The number of rotatable bonds is 8. The largest absolute Gasteiger partial charge is 0.374 e. The number of aromatic nitrogens is 2. The van der Waals surface area contributed by atoms with E-state index in [0.717, 1.165) is 16.3 Å². The van der Waals surface area contributed by atoms with Gasteiger partial charge in [0, 0.05) is 30.6 Å². The highest BCUT2D eigenvalue weighted by Crippen LogP contribution is 2.26. The summed E-state index contributed by atoms with van der Waals surface area (Å²) in [5.74, 6) is -0.389. The van der Waals surface area contributed by atoms with Gasteiger partial charge in [-0.3, -0.25) is 4.79 Å². The molecule has 0 aliphatic carbocycles. The molecule has 2 heterocycles. The number of H-pyrrole nitrogens is 1. The highest BCUT2D eigenvalue weighted by Gasteiger charge is 2.28. The number of carbonyl (C=O) groups excluding carboxylic acids is 1. The minimum absolute atomic E-state index is 0.0532. The van der Waals surface area contributed by atoms with Crippen LogP contribution in [0.2, 0.25) is 0 Å². The average molecular weight is 369 g/mol. The van der Waals surface area contributed by atoms with Crippen molar-refractivity contribution in [2.45, 2.75) is 25.5 Å². The molecule has 0 unspecified atom stereocenters. The van der Waals surface area contributed by atoms with Crippen molar-refractivity contribution in [3.05, 3.63) is 76.5 Å². The molecule has 3 atom stereocenters. The normalized spacial score (nSPS) is 14.5. The van der Waals surface area contributed by atoms with E-state index in [1.165, 1.54) is 0 Å². The number of methoxy groups -OCH3 is 1. The molecule has 0 radical (unpaired) electrons. The summed E-state index contributed by atoms with van der Waals surface area (Å²) in [6, 6.07) is 13.8. The molecule has 1 aromatic carbocycles. The number of thiazole rings is 1. The van der Waals surface area contributed by atoms with E-state index >= 15 is 0 Å². The van der Waals surface area contributed by atoms with Gasteiger partial charge in [0.1, 0.15) is 11.1 Å². The second kappa shape index (κ2) is 8.78. The summed E-state index contributed by atoms with van der Waals surface area (Å²) in [6.45, 7) is 1.88. The van der Waals surface area contributed by atoms with E-state index in [2.05, 4.69) is 27.4 Å². The summed E-state index contributed by atoms with van der Waals surface area (Å²) < 4.78 is 5.56. The molecular formula is C20H23N3O2S. The van der Waals surface area contributed by atoms with Gasteiger partial charge in [0.25, 0.3) is 0 Å². The van der Waals surface area contributed by atoms with Gasteiger partial charge in [0.15, 0.2) is 0 Å². The van der Waals surface area contributed by atoms with Crippen LogP contribution in [0.3, 0.4) is 0 Å². The van der Waals surface area contributed by atoms with E-state index in [1.54, 1.807) is 24.6 Å². The second-order valence-electron chi connectivity index (χ2n) is 6.19. The second-order valence-corrected chi connectivity index (χ2v) is 7.12. The van der Waals surface area contributed by atoms with Crippen molar-refractivity contribution in [2.75, 3.05) is 7.11 Å². The zero-order valence-corrected chi connectivity index (χ0v) is 15.7. The van der Waals surface area contributed by atoms with Crippen LogP contribution in [0.1, 0.15) is 35.3 Å². The first-order valence-corrected chi connectivity index (χ1v) is 9.46. The fourth-order valence-corrected chi connectivity index (χ4v) is 3.71. The first kappa shape index (κ1) is 18.4. The lowest BCUT2D eigenvalue weighted by molar-refractivity contribution is -0.129. The Kier molecular flexibility index (Phi) is 6.20. The summed E-state index contributed by atoms with van der Waals surface area (Å²) >= 11 is 1.55. The molecule has 0 bridgehead atoms. The van der Waals surface area contributed by atoms with Crippen molar-refractivity contribution in [1.29, 1.82) is 0 Å². The molecule has 26 heavy (non-hydrogen) atoms. The first-order valence-electron chi connectivity index (χ1n) is 8.58. The molecule has 5 nitrogen and oxygen atoms in total. The van der Waals surface area contributed by atoms with E-state index < -0.39 is 0 Å². The third kappa shape index (κ3) is 4.39. The summed E-state index contributed by atoms with van der Waals surface area (Å²) in [5.41, 5.74) is 2.05. The zero-order chi connectivity index (χ0) is 18.4. The number of amides is 1. The monoisotopic (exact) mass is 369 g/mol. The van der Waals surface area contributed by atoms with Crippen LogP contribution in [0.25, 0.3) is 0 Å². The SMILES string of the molecule is CO[C@@H](c1ccc[nH]1)[C@@H](C)C(=O)N[C@@H](Cc1ccccc1)c1nccs1. The van der Waals surface area contributed by atoms with Gasteiger partial charge >= 0.3 is 0 Å². The van der Waals surface area contributed by atoms with Crippen molar-refractivity contribution in [3.8, 4) is 0 Å². The Morgan fingerprint density at radius 3 is 2.69 bits per heavy atom. The highest BCUT2D eigenvalue weighted by atomic mass is 32.1. The summed E-state index contributed by atoms with van der Waals surface area (Å²) in [7, 11) is 1.62. The number of carbonyl (C=O) groups is 1. The number of hydrogen-bond acceptors (Lipinski definition) is 4. The minimum atomic E-state index is -0.336. The molecule has 6 heteroatoms. The van der Waals surface area contributed by atoms with Crippen LogP contribution in [-0.4, -0.2) is 23.0 Å². The van der Waals surface area contributed by atoms with E-state index in [9.17, 15) is 4.79 Å². The van der Waals surface area contributed by atoms with Gasteiger partial charge in [-0.1, -0.05) is 37.3 Å². The maximum absolute atomic E-state index is 12.9. The Balaban J connectivity index is 1.74.